The first-order valence-electron chi connectivity index (χ1n) is 8.55. The van der Waals surface area contributed by atoms with E-state index in [0.29, 0.717) is 6.54 Å². The van der Waals surface area contributed by atoms with Gasteiger partial charge in [0, 0.05) is 19.5 Å². The predicted molar refractivity (Wildman–Crippen MR) is 94.9 cm³/mol. The molecule has 2 amide bonds. The highest BCUT2D eigenvalue weighted by atomic mass is 19.4. The smallest absolute Gasteiger partial charge is 0.352 e. The van der Waals surface area contributed by atoms with Crippen molar-refractivity contribution < 1.29 is 22.8 Å². The number of anilines is 1. The van der Waals surface area contributed by atoms with Crippen LogP contribution in [0.15, 0.2) is 48.5 Å². The summed E-state index contributed by atoms with van der Waals surface area (Å²) >= 11 is 0. The number of hydrogen-bond donors (Lipinski definition) is 1. The number of benzene rings is 2. The average molecular weight is 376 g/mol. The minimum absolute atomic E-state index is 0.0639. The van der Waals surface area contributed by atoms with Crippen LogP contribution in [0, 0.1) is 12.8 Å². The lowest BCUT2D eigenvalue weighted by Gasteiger charge is -2.21. The third-order valence-corrected chi connectivity index (χ3v) is 4.55. The maximum Gasteiger partial charge on any atom is 0.418 e. The number of aryl methyl sites for hydroxylation is 1. The van der Waals surface area contributed by atoms with E-state index in [1.165, 1.54) is 18.2 Å². The number of alkyl halides is 3. The van der Waals surface area contributed by atoms with Gasteiger partial charge in [-0.15, -0.1) is 0 Å². The van der Waals surface area contributed by atoms with E-state index in [2.05, 4.69) is 5.32 Å². The second-order valence-electron chi connectivity index (χ2n) is 6.63. The molecule has 1 unspecified atom stereocenters. The normalized spacial score (nSPS) is 17.3. The van der Waals surface area contributed by atoms with E-state index in [1.807, 2.05) is 31.2 Å². The fourth-order valence-electron chi connectivity index (χ4n) is 3.22. The summed E-state index contributed by atoms with van der Waals surface area (Å²) in [5, 5.41) is 2.77. The van der Waals surface area contributed by atoms with E-state index < -0.39 is 23.6 Å². The molecule has 3 rings (SSSR count). The Morgan fingerprint density at radius 2 is 1.93 bits per heavy atom. The number of amides is 2. The number of carbonyl (C=O) groups is 2. The van der Waals surface area contributed by atoms with Gasteiger partial charge >= 0.3 is 6.18 Å². The largest absolute Gasteiger partial charge is 0.418 e. The lowest BCUT2D eigenvalue weighted by molar-refractivity contribution is -0.137. The Hall–Kier alpha value is -2.83. The summed E-state index contributed by atoms with van der Waals surface area (Å²) in [5.41, 5.74) is 0.905. The molecule has 0 bridgehead atoms. The number of rotatable bonds is 4. The third kappa shape index (κ3) is 4.30. The molecule has 0 radical (unpaired) electrons. The van der Waals surface area contributed by atoms with Gasteiger partial charge in [0.15, 0.2) is 0 Å². The molecule has 1 fully saturated rings. The van der Waals surface area contributed by atoms with Crippen molar-refractivity contribution in [2.45, 2.75) is 26.1 Å². The molecule has 2 aromatic rings. The summed E-state index contributed by atoms with van der Waals surface area (Å²) in [5.74, 6) is -1.50. The molecule has 0 aliphatic carbocycles. The molecule has 1 atom stereocenters. The Bertz CT molecular complexity index is 864. The molecule has 1 aliphatic rings. The number of halogens is 3. The summed E-state index contributed by atoms with van der Waals surface area (Å²) in [4.78, 5) is 25.7. The molecule has 2 aromatic carbocycles. The molecule has 7 heteroatoms. The Morgan fingerprint density at radius 1 is 1.19 bits per heavy atom. The Morgan fingerprint density at radius 3 is 2.63 bits per heavy atom. The number of para-hydroxylation sites is 1. The first-order valence-corrected chi connectivity index (χ1v) is 8.55. The lowest BCUT2D eigenvalue weighted by atomic mass is 10.1. The molecule has 0 saturated carbocycles. The number of nitrogens with one attached hydrogen (secondary N) is 1. The maximum atomic E-state index is 13.2. The van der Waals surface area contributed by atoms with Crippen molar-refractivity contribution in [3.8, 4) is 0 Å². The van der Waals surface area contributed by atoms with Crippen molar-refractivity contribution in [2.24, 2.45) is 5.92 Å². The average Bonchev–Trinajstić information content (AvgIpc) is 3.01. The Kier molecular flexibility index (Phi) is 5.21. The van der Waals surface area contributed by atoms with Gasteiger partial charge < -0.3 is 10.2 Å². The zero-order chi connectivity index (χ0) is 19.6. The lowest BCUT2D eigenvalue weighted by Crippen LogP contribution is -2.33. The summed E-state index contributed by atoms with van der Waals surface area (Å²) in [6.45, 7) is 2.19. The molecule has 0 spiro atoms. The van der Waals surface area contributed by atoms with Crippen molar-refractivity contribution in [3.63, 3.8) is 0 Å². The molecule has 1 aliphatic heterocycles. The van der Waals surface area contributed by atoms with Gasteiger partial charge in [0.25, 0.3) is 0 Å². The molecule has 0 aromatic heterocycles. The number of nitrogens with zero attached hydrogens (tertiary/aromatic N) is 1. The van der Waals surface area contributed by atoms with Crippen molar-refractivity contribution in [1.82, 2.24) is 5.32 Å². The highest BCUT2D eigenvalue weighted by Crippen LogP contribution is 2.38. The molecular formula is C20H19F3N2O2. The van der Waals surface area contributed by atoms with E-state index in [9.17, 15) is 22.8 Å². The summed E-state index contributed by atoms with van der Waals surface area (Å²) in [6.07, 6.45) is -4.67. The van der Waals surface area contributed by atoms with Crippen LogP contribution >= 0.6 is 0 Å². The SMILES string of the molecule is Cc1cccc(CNC(=O)C2CC(=O)N(c3ccccc3C(F)(F)F)C2)c1. The van der Waals surface area contributed by atoms with Gasteiger partial charge in [-0.3, -0.25) is 9.59 Å². The minimum Gasteiger partial charge on any atom is -0.352 e. The molecule has 27 heavy (non-hydrogen) atoms. The van der Waals surface area contributed by atoms with E-state index in [4.69, 9.17) is 0 Å². The van der Waals surface area contributed by atoms with Gasteiger partial charge in [-0.1, -0.05) is 42.0 Å². The van der Waals surface area contributed by atoms with Crippen LogP contribution in [-0.4, -0.2) is 18.4 Å². The van der Waals surface area contributed by atoms with Crippen LogP contribution in [0.1, 0.15) is 23.1 Å². The van der Waals surface area contributed by atoms with E-state index in [0.717, 1.165) is 22.1 Å². The van der Waals surface area contributed by atoms with Crippen molar-refractivity contribution in [2.75, 3.05) is 11.4 Å². The molecule has 1 N–H and O–H groups in total. The highest BCUT2D eigenvalue weighted by Gasteiger charge is 2.40. The zero-order valence-electron chi connectivity index (χ0n) is 14.7. The monoisotopic (exact) mass is 376 g/mol. The Labute approximate surface area is 155 Å². The number of carbonyl (C=O) groups excluding carboxylic acids is 2. The van der Waals surface area contributed by atoms with Crippen LogP contribution in [0.4, 0.5) is 18.9 Å². The Balaban J connectivity index is 1.70. The van der Waals surface area contributed by atoms with Crippen LogP contribution in [-0.2, 0) is 22.3 Å². The summed E-state index contributed by atoms with van der Waals surface area (Å²) in [6, 6.07) is 12.6. The molecule has 1 heterocycles. The van der Waals surface area contributed by atoms with Gasteiger partial charge in [0.05, 0.1) is 17.2 Å². The quantitative estimate of drug-likeness (QED) is 0.885. The van der Waals surface area contributed by atoms with Gasteiger partial charge in [0.1, 0.15) is 0 Å². The van der Waals surface area contributed by atoms with Crippen LogP contribution in [0.3, 0.4) is 0 Å². The number of hydrogen-bond acceptors (Lipinski definition) is 2. The van der Waals surface area contributed by atoms with Crippen LogP contribution in [0.5, 0.6) is 0 Å². The predicted octanol–water partition coefficient (Wildman–Crippen LogP) is 3.68. The van der Waals surface area contributed by atoms with Gasteiger partial charge in [-0.25, -0.2) is 0 Å². The molecule has 142 valence electrons. The fourth-order valence-corrected chi connectivity index (χ4v) is 3.22. The maximum absolute atomic E-state index is 13.2. The van der Waals surface area contributed by atoms with Crippen LogP contribution in [0.25, 0.3) is 0 Å². The summed E-state index contributed by atoms with van der Waals surface area (Å²) in [7, 11) is 0. The highest BCUT2D eigenvalue weighted by molar-refractivity contribution is 6.00. The van der Waals surface area contributed by atoms with Crippen molar-refractivity contribution in [3.05, 3.63) is 65.2 Å². The van der Waals surface area contributed by atoms with Gasteiger partial charge in [-0.05, 0) is 24.6 Å². The summed E-state index contributed by atoms with van der Waals surface area (Å²) < 4.78 is 39.6. The van der Waals surface area contributed by atoms with Crippen molar-refractivity contribution >= 4 is 17.5 Å². The van der Waals surface area contributed by atoms with E-state index in [-0.39, 0.29) is 24.6 Å². The third-order valence-electron chi connectivity index (χ3n) is 4.55. The molecular weight excluding hydrogens is 357 g/mol. The van der Waals surface area contributed by atoms with E-state index >= 15 is 0 Å². The minimum atomic E-state index is -4.57. The van der Waals surface area contributed by atoms with Gasteiger partial charge in [-0.2, -0.15) is 13.2 Å². The second-order valence-corrected chi connectivity index (χ2v) is 6.63. The standard InChI is InChI=1S/C20H19F3N2O2/c1-13-5-4-6-14(9-13)11-24-19(27)15-10-18(26)25(12-15)17-8-3-2-7-16(17)20(21,22)23/h2-9,15H,10-12H2,1H3,(H,24,27). The van der Waals surface area contributed by atoms with E-state index in [1.54, 1.807) is 0 Å². The molecule has 4 nitrogen and oxygen atoms in total. The topological polar surface area (TPSA) is 49.4 Å². The fraction of sp³-hybridized carbons (Fsp3) is 0.300. The zero-order valence-corrected chi connectivity index (χ0v) is 14.7. The van der Waals surface area contributed by atoms with Gasteiger partial charge in [0.2, 0.25) is 11.8 Å². The van der Waals surface area contributed by atoms with Crippen LogP contribution < -0.4 is 10.2 Å². The second kappa shape index (κ2) is 7.42. The molecule has 1 saturated heterocycles. The first kappa shape index (κ1) is 18.9. The van der Waals surface area contributed by atoms with Crippen LogP contribution in [0.2, 0.25) is 0 Å². The first-order chi connectivity index (χ1) is 12.8. The van der Waals surface area contributed by atoms with Crippen molar-refractivity contribution in [1.29, 1.82) is 0 Å².